The van der Waals surface area contributed by atoms with Crippen LogP contribution in [-0.2, 0) is 0 Å². The second-order valence-electron chi connectivity index (χ2n) is 16.6. The van der Waals surface area contributed by atoms with Gasteiger partial charge in [0, 0.05) is 80.3 Å². The first-order valence-corrected chi connectivity index (χ1v) is 21.9. The number of rotatable bonds is 7. The van der Waals surface area contributed by atoms with Crippen LogP contribution in [0.4, 0.5) is 0 Å². The Labute approximate surface area is 383 Å². The van der Waals surface area contributed by atoms with Gasteiger partial charge in [-0.1, -0.05) is 72.8 Å². The molecular weight excluding hydrogens is 825 g/mol. The van der Waals surface area contributed by atoms with E-state index >= 15 is 0 Å². The SMILES string of the molecule is c1ccc2ncc(-c3cc(-c4cc(-c5cc(-c6cnc7ccccc7c6)nc(-c6cnc7ccccc7c6)c5)cc(-c5nc6ncccc6o5)c4)cc(-c4cnc5ccccc5c4)n3)cc2c1. The molecule has 8 heterocycles. The number of hydrogen-bond acceptors (Lipinski definition) is 9. The topological polar surface area (TPSA) is 116 Å². The summed E-state index contributed by atoms with van der Waals surface area (Å²) in [5.74, 6) is 0.454. The van der Waals surface area contributed by atoms with E-state index < -0.39 is 0 Å². The monoisotopic (exact) mass is 858 g/mol. The Bertz CT molecular complexity index is 3640. The number of nitrogens with zero attached hydrogens (tertiary/aromatic N) is 8. The smallest absolute Gasteiger partial charge is 0.228 e. The van der Waals surface area contributed by atoms with Gasteiger partial charge >= 0.3 is 0 Å². The molecule has 0 fully saturated rings. The predicted molar refractivity (Wildman–Crippen MR) is 267 cm³/mol. The van der Waals surface area contributed by atoms with Crippen molar-refractivity contribution < 1.29 is 4.42 Å². The fourth-order valence-electron chi connectivity index (χ4n) is 8.81. The van der Waals surface area contributed by atoms with E-state index in [1.54, 1.807) is 6.20 Å². The lowest BCUT2D eigenvalue weighted by atomic mass is 9.93. The Morgan fingerprint density at radius 1 is 0.284 bits per heavy atom. The molecule has 0 bridgehead atoms. The maximum absolute atomic E-state index is 6.44. The summed E-state index contributed by atoms with van der Waals surface area (Å²) in [7, 11) is 0. The van der Waals surface area contributed by atoms with Crippen LogP contribution in [0.1, 0.15) is 0 Å². The van der Waals surface area contributed by atoms with E-state index in [1.807, 2.05) is 110 Å². The molecule has 0 aliphatic rings. The molecule has 0 radical (unpaired) electrons. The molecule has 0 spiro atoms. The van der Waals surface area contributed by atoms with Crippen molar-refractivity contribution in [1.82, 2.24) is 39.9 Å². The first-order valence-electron chi connectivity index (χ1n) is 21.9. The Morgan fingerprint density at radius 2 is 0.642 bits per heavy atom. The van der Waals surface area contributed by atoms with Crippen LogP contribution < -0.4 is 0 Å². The third-order valence-corrected chi connectivity index (χ3v) is 12.2. The third-order valence-electron chi connectivity index (χ3n) is 12.2. The number of aromatic nitrogens is 8. The molecule has 312 valence electrons. The van der Waals surface area contributed by atoms with Crippen LogP contribution in [0.5, 0.6) is 0 Å². The first kappa shape index (κ1) is 38.1. The summed E-state index contributed by atoms with van der Waals surface area (Å²) in [6, 6.07) is 59.8. The van der Waals surface area contributed by atoms with Gasteiger partial charge in [0.25, 0.3) is 0 Å². The van der Waals surface area contributed by atoms with Gasteiger partial charge in [-0.15, -0.1) is 0 Å². The highest BCUT2D eigenvalue weighted by Gasteiger charge is 2.18. The quantitative estimate of drug-likeness (QED) is 0.154. The van der Waals surface area contributed by atoms with Gasteiger partial charge in [-0.3, -0.25) is 19.9 Å². The summed E-state index contributed by atoms with van der Waals surface area (Å²) < 4.78 is 6.44. The average molecular weight is 859 g/mol. The lowest BCUT2D eigenvalue weighted by molar-refractivity contribution is 0.620. The molecule has 5 aromatic carbocycles. The van der Waals surface area contributed by atoms with E-state index in [0.717, 1.165) is 116 Å². The van der Waals surface area contributed by atoms with Gasteiger partial charge < -0.3 is 4.42 Å². The van der Waals surface area contributed by atoms with Crippen molar-refractivity contribution >= 4 is 54.8 Å². The molecule has 0 atom stereocenters. The van der Waals surface area contributed by atoms with Gasteiger partial charge in [-0.05, 0) is 125 Å². The summed E-state index contributed by atoms with van der Waals surface area (Å²) in [6.07, 6.45) is 9.31. The van der Waals surface area contributed by atoms with Crippen molar-refractivity contribution in [2.45, 2.75) is 0 Å². The molecule has 0 unspecified atom stereocenters. The number of pyridine rings is 7. The van der Waals surface area contributed by atoms with Crippen LogP contribution in [-0.4, -0.2) is 39.9 Å². The Balaban J connectivity index is 1.05. The van der Waals surface area contributed by atoms with Gasteiger partial charge in [0.2, 0.25) is 5.89 Å². The molecule has 0 aliphatic carbocycles. The number of fused-ring (bicyclic) bond motifs is 5. The fourth-order valence-corrected chi connectivity index (χ4v) is 8.81. The Morgan fingerprint density at radius 3 is 1.03 bits per heavy atom. The lowest BCUT2D eigenvalue weighted by Gasteiger charge is -2.15. The van der Waals surface area contributed by atoms with Gasteiger partial charge in [-0.25, -0.2) is 15.0 Å². The van der Waals surface area contributed by atoms with Gasteiger partial charge in [0.15, 0.2) is 11.2 Å². The summed E-state index contributed by atoms with van der Waals surface area (Å²) in [5.41, 5.74) is 16.0. The molecule has 13 rings (SSSR count). The van der Waals surface area contributed by atoms with Gasteiger partial charge in [0.1, 0.15) is 0 Å². The minimum atomic E-state index is 0.454. The van der Waals surface area contributed by atoms with Crippen LogP contribution in [0.3, 0.4) is 0 Å². The van der Waals surface area contributed by atoms with E-state index in [9.17, 15) is 0 Å². The van der Waals surface area contributed by atoms with Gasteiger partial charge in [-0.2, -0.15) is 4.98 Å². The first-order chi connectivity index (χ1) is 33.1. The molecule has 9 heteroatoms. The molecule has 0 amide bonds. The standard InChI is InChI=1S/C58H34N8O/c1-5-14-48-35(10-1)20-44(31-60-48)52-27-41(28-53(64-52)45-21-36-11-2-6-15-49(36)61-32-45)39-24-40(26-43(25-39)58-66-57-56(67-58)18-9-19-59-57)42-29-54(46-22-37-12-3-7-16-50(37)62-33-46)65-55(30-42)47-23-38-13-4-8-17-51(38)63-34-47/h1-34H. The van der Waals surface area contributed by atoms with Crippen LogP contribution in [0.15, 0.2) is 211 Å². The number of hydrogen-bond donors (Lipinski definition) is 0. The average Bonchev–Trinajstić information content (AvgIpc) is 3.85. The Hall–Kier alpha value is -9.34. The minimum absolute atomic E-state index is 0.454. The normalized spacial score (nSPS) is 11.6. The highest BCUT2D eigenvalue weighted by molar-refractivity contribution is 5.91. The van der Waals surface area contributed by atoms with Crippen LogP contribution >= 0.6 is 0 Å². The van der Waals surface area contributed by atoms with Crippen LogP contribution in [0.2, 0.25) is 0 Å². The van der Waals surface area contributed by atoms with Crippen LogP contribution in [0, 0.1) is 0 Å². The van der Waals surface area contributed by atoms with E-state index in [0.29, 0.717) is 17.1 Å². The molecule has 67 heavy (non-hydrogen) atoms. The zero-order valence-corrected chi connectivity index (χ0v) is 35.6. The minimum Gasteiger partial charge on any atom is -0.434 e. The molecule has 0 saturated carbocycles. The molecule has 9 nitrogen and oxygen atoms in total. The predicted octanol–water partition coefficient (Wildman–Crippen LogP) is 13.9. The van der Waals surface area contributed by atoms with Crippen molar-refractivity contribution in [2.24, 2.45) is 0 Å². The second kappa shape index (κ2) is 15.7. The lowest BCUT2D eigenvalue weighted by Crippen LogP contribution is -1.95. The molecular formula is C58H34N8O. The van der Waals surface area contributed by atoms with Crippen molar-refractivity contribution in [2.75, 3.05) is 0 Å². The maximum atomic E-state index is 6.44. The number of benzene rings is 5. The fraction of sp³-hybridized carbons (Fsp3) is 0. The van der Waals surface area contributed by atoms with Crippen molar-refractivity contribution in [3.05, 3.63) is 207 Å². The van der Waals surface area contributed by atoms with Crippen LogP contribution in [0.25, 0.3) is 134 Å². The molecule has 8 aromatic heterocycles. The van der Waals surface area contributed by atoms with E-state index in [4.69, 9.17) is 39.3 Å². The van der Waals surface area contributed by atoms with E-state index in [1.165, 1.54) is 0 Å². The number of para-hydroxylation sites is 4. The third kappa shape index (κ3) is 7.17. The summed E-state index contributed by atoms with van der Waals surface area (Å²) in [6.45, 7) is 0. The highest BCUT2D eigenvalue weighted by atomic mass is 16.3. The zero-order valence-electron chi connectivity index (χ0n) is 35.6. The molecule has 0 aliphatic heterocycles. The Kier molecular flexibility index (Phi) is 8.95. The largest absolute Gasteiger partial charge is 0.434 e. The van der Waals surface area contributed by atoms with Crippen molar-refractivity contribution in [3.8, 4) is 78.7 Å². The van der Waals surface area contributed by atoms with Crippen molar-refractivity contribution in [1.29, 1.82) is 0 Å². The van der Waals surface area contributed by atoms with Crippen molar-refractivity contribution in [3.63, 3.8) is 0 Å². The van der Waals surface area contributed by atoms with Gasteiger partial charge in [0.05, 0.1) is 44.8 Å². The summed E-state index contributed by atoms with van der Waals surface area (Å²) in [4.78, 5) is 39.3. The molecule has 13 aromatic rings. The summed E-state index contributed by atoms with van der Waals surface area (Å²) >= 11 is 0. The second-order valence-corrected chi connectivity index (χ2v) is 16.6. The molecule has 0 N–H and O–H groups in total. The molecule has 0 saturated heterocycles. The van der Waals surface area contributed by atoms with E-state index in [2.05, 4.69) is 96.0 Å². The zero-order chi connectivity index (χ0) is 44.3. The highest BCUT2D eigenvalue weighted by Crippen LogP contribution is 2.39. The maximum Gasteiger partial charge on any atom is 0.228 e. The summed E-state index contributed by atoms with van der Waals surface area (Å²) in [5, 5.41) is 4.12. The van der Waals surface area contributed by atoms with E-state index in [-0.39, 0.29) is 0 Å². The number of oxazole rings is 1.